The standard InChI is InChI=1S/C72H134O6/c1-4-7-10-13-16-19-22-25-27-29-31-32-33-34-35-36-37-38-39-41-42-44-47-50-53-56-59-62-65-71(74)77-68-69(67-76-70(73)64-61-58-55-52-49-46-24-21-18-15-12-9-6-3)78-72(75)66-63-60-57-54-51-48-45-43-40-30-28-26-23-20-17-14-11-8-5-2/h17,20,26,28,40,43,69H,4-16,18-19,21-25,27,29-39,41-42,44-68H2,1-3H3/b20-17-,28-26-,43-40-. The van der Waals surface area contributed by atoms with Gasteiger partial charge in [-0.25, -0.2) is 0 Å². The topological polar surface area (TPSA) is 78.9 Å². The molecule has 0 radical (unpaired) electrons. The van der Waals surface area contributed by atoms with Gasteiger partial charge in [0.15, 0.2) is 6.10 Å². The van der Waals surface area contributed by atoms with Crippen LogP contribution in [0.2, 0.25) is 0 Å². The maximum atomic E-state index is 12.9. The summed E-state index contributed by atoms with van der Waals surface area (Å²) in [5, 5.41) is 0. The van der Waals surface area contributed by atoms with Crippen molar-refractivity contribution in [1.82, 2.24) is 0 Å². The second-order valence-corrected chi connectivity index (χ2v) is 23.8. The van der Waals surface area contributed by atoms with Crippen molar-refractivity contribution in [2.75, 3.05) is 13.2 Å². The van der Waals surface area contributed by atoms with E-state index in [1.165, 1.54) is 270 Å². The summed E-state index contributed by atoms with van der Waals surface area (Å²) in [6.07, 6.45) is 83.2. The number of allylic oxidation sites excluding steroid dienone is 6. The first-order valence-corrected chi connectivity index (χ1v) is 35.0. The third-order valence-corrected chi connectivity index (χ3v) is 15.9. The highest BCUT2D eigenvalue weighted by Gasteiger charge is 2.19. The van der Waals surface area contributed by atoms with Crippen molar-refractivity contribution in [2.45, 2.75) is 393 Å². The van der Waals surface area contributed by atoms with Crippen molar-refractivity contribution < 1.29 is 28.6 Å². The van der Waals surface area contributed by atoms with E-state index in [4.69, 9.17) is 14.2 Å². The minimum absolute atomic E-state index is 0.0720. The smallest absolute Gasteiger partial charge is 0.306 e. The van der Waals surface area contributed by atoms with Crippen LogP contribution >= 0.6 is 0 Å². The van der Waals surface area contributed by atoms with Crippen LogP contribution in [0.1, 0.15) is 387 Å². The first kappa shape index (κ1) is 75.6. The molecule has 0 bridgehead atoms. The molecule has 6 heteroatoms. The van der Waals surface area contributed by atoms with Gasteiger partial charge in [-0.05, 0) is 57.8 Å². The molecular weight excluding hydrogens is 961 g/mol. The lowest BCUT2D eigenvalue weighted by molar-refractivity contribution is -0.167. The molecule has 0 N–H and O–H groups in total. The van der Waals surface area contributed by atoms with E-state index in [2.05, 4.69) is 57.2 Å². The summed E-state index contributed by atoms with van der Waals surface area (Å²) in [5.41, 5.74) is 0. The van der Waals surface area contributed by atoms with Crippen molar-refractivity contribution in [3.05, 3.63) is 36.5 Å². The lowest BCUT2D eigenvalue weighted by Crippen LogP contribution is -2.30. The molecule has 6 nitrogen and oxygen atoms in total. The Hall–Kier alpha value is -2.37. The number of ether oxygens (including phenoxy) is 3. The summed E-state index contributed by atoms with van der Waals surface area (Å²) in [4.78, 5) is 38.4. The fraction of sp³-hybridized carbons (Fsp3) is 0.875. The normalized spacial score (nSPS) is 12.2. The van der Waals surface area contributed by atoms with Gasteiger partial charge in [0.05, 0.1) is 0 Å². The fourth-order valence-electron chi connectivity index (χ4n) is 10.6. The van der Waals surface area contributed by atoms with Gasteiger partial charge in [-0.3, -0.25) is 14.4 Å². The molecule has 0 aliphatic heterocycles. The highest BCUT2D eigenvalue weighted by molar-refractivity contribution is 5.71. The second-order valence-electron chi connectivity index (χ2n) is 23.8. The van der Waals surface area contributed by atoms with Gasteiger partial charge >= 0.3 is 17.9 Å². The van der Waals surface area contributed by atoms with Gasteiger partial charge in [0.1, 0.15) is 13.2 Å². The number of esters is 3. The highest BCUT2D eigenvalue weighted by Crippen LogP contribution is 2.19. The van der Waals surface area contributed by atoms with E-state index >= 15 is 0 Å². The van der Waals surface area contributed by atoms with E-state index in [0.29, 0.717) is 19.3 Å². The minimum atomic E-state index is -0.776. The quantitative estimate of drug-likeness (QED) is 0.0261. The average Bonchev–Trinajstić information content (AvgIpc) is 3.44. The molecule has 0 aliphatic rings. The van der Waals surface area contributed by atoms with Crippen LogP contribution in [0.4, 0.5) is 0 Å². The monoisotopic (exact) mass is 1100 g/mol. The van der Waals surface area contributed by atoms with Gasteiger partial charge in [-0.15, -0.1) is 0 Å². The third kappa shape index (κ3) is 64.5. The zero-order valence-electron chi connectivity index (χ0n) is 52.7. The summed E-state index contributed by atoms with van der Waals surface area (Å²) in [6, 6.07) is 0. The van der Waals surface area contributed by atoms with Crippen LogP contribution in [0.15, 0.2) is 36.5 Å². The second kappa shape index (κ2) is 67.1. The van der Waals surface area contributed by atoms with Crippen LogP contribution in [0, 0.1) is 0 Å². The minimum Gasteiger partial charge on any atom is -0.462 e. The van der Waals surface area contributed by atoms with E-state index < -0.39 is 6.10 Å². The van der Waals surface area contributed by atoms with Crippen LogP contribution in [0.3, 0.4) is 0 Å². The molecule has 0 aromatic carbocycles. The third-order valence-electron chi connectivity index (χ3n) is 15.9. The summed E-state index contributed by atoms with van der Waals surface area (Å²) in [5.74, 6) is -0.857. The average molecular weight is 1100 g/mol. The van der Waals surface area contributed by atoms with Crippen LogP contribution in [0.5, 0.6) is 0 Å². The molecular formula is C72H134O6. The first-order chi connectivity index (χ1) is 38.5. The van der Waals surface area contributed by atoms with Crippen molar-refractivity contribution in [3.8, 4) is 0 Å². The number of hydrogen-bond donors (Lipinski definition) is 0. The number of rotatable bonds is 65. The van der Waals surface area contributed by atoms with Crippen LogP contribution in [0.25, 0.3) is 0 Å². The van der Waals surface area contributed by atoms with Gasteiger partial charge in [-0.2, -0.15) is 0 Å². The van der Waals surface area contributed by atoms with Gasteiger partial charge in [0, 0.05) is 19.3 Å². The van der Waals surface area contributed by atoms with Crippen LogP contribution in [-0.4, -0.2) is 37.2 Å². The Bertz CT molecular complexity index is 1300. The Morgan fingerprint density at radius 3 is 0.744 bits per heavy atom. The maximum Gasteiger partial charge on any atom is 0.306 e. The van der Waals surface area contributed by atoms with Crippen LogP contribution in [-0.2, 0) is 28.6 Å². The van der Waals surface area contributed by atoms with E-state index in [0.717, 1.165) is 77.0 Å². The summed E-state index contributed by atoms with van der Waals surface area (Å²) in [6.45, 7) is 6.67. The SMILES string of the molecule is CCCCC/C=C\C/C=C\C/C=C\CCCCCCCCC(=O)OC(COC(=O)CCCCCCCCCCCCCCC)COC(=O)CCCCCCCCCCCCCCCCCCCCCCCCCCCCCC. The molecule has 1 unspecified atom stereocenters. The highest BCUT2D eigenvalue weighted by atomic mass is 16.6. The summed E-state index contributed by atoms with van der Waals surface area (Å²) >= 11 is 0. The maximum absolute atomic E-state index is 12.9. The van der Waals surface area contributed by atoms with E-state index in [1.54, 1.807) is 0 Å². The lowest BCUT2D eigenvalue weighted by atomic mass is 10.0. The predicted octanol–water partition coefficient (Wildman–Crippen LogP) is 23.9. The largest absolute Gasteiger partial charge is 0.462 e. The molecule has 0 fully saturated rings. The fourth-order valence-corrected chi connectivity index (χ4v) is 10.6. The van der Waals surface area contributed by atoms with E-state index in [-0.39, 0.29) is 31.1 Å². The molecule has 0 aromatic rings. The zero-order chi connectivity index (χ0) is 56.4. The van der Waals surface area contributed by atoms with Gasteiger partial charge in [0.25, 0.3) is 0 Å². The van der Waals surface area contributed by atoms with E-state index in [1.807, 2.05) is 0 Å². The lowest BCUT2D eigenvalue weighted by Gasteiger charge is -2.18. The Morgan fingerprint density at radius 2 is 0.462 bits per heavy atom. The van der Waals surface area contributed by atoms with Gasteiger partial charge in [-0.1, -0.05) is 346 Å². The molecule has 0 rings (SSSR count). The van der Waals surface area contributed by atoms with Crippen molar-refractivity contribution in [2.24, 2.45) is 0 Å². The molecule has 458 valence electrons. The molecule has 78 heavy (non-hydrogen) atoms. The molecule has 0 aromatic heterocycles. The Balaban J connectivity index is 4.20. The van der Waals surface area contributed by atoms with Crippen molar-refractivity contribution in [1.29, 1.82) is 0 Å². The number of unbranched alkanes of at least 4 members (excludes halogenated alkanes) is 48. The number of hydrogen-bond acceptors (Lipinski definition) is 6. The van der Waals surface area contributed by atoms with Gasteiger partial charge < -0.3 is 14.2 Å². The summed E-state index contributed by atoms with van der Waals surface area (Å²) < 4.78 is 17.0. The Morgan fingerprint density at radius 1 is 0.256 bits per heavy atom. The summed E-state index contributed by atoms with van der Waals surface area (Å²) in [7, 11) is 0. The predicted molar refractivity (Wildman–Crippen MR) is 339 cm³/mol. The molecule has 0 saturated heterocycles. The van der Waals surface area contributed by atoms with Crippen LogP contribution < -0.4 is 0 Å². The zero-order valence-corrected chi connectivity index (χ0v) is 52.7. The number of carbonyl (C=O) groups is 3. The molecule has 1 atom stereocenters. The van der Waals surface area contributed by atoms with Crippen molar-refractivity contribution in [3.63, 3.8) is 0 Å². The Labute approximate surface area is 486 Å². The molecule has 0 aliphatic carbocycles. The molecule has 0 spiro atoms. The molecule has 0 amide bonds. The van der Waals surface area contributed by atoms with Gasteiger partial charge in [0.2, 0.25) is 0 Å². The number of carbonyl (C=O) groups excluding carboxylic acids is 3. The van der Waals surface area contributed by atoms with Crippen molar-refractivity contribution >= 4 is 17.9 Å². The molecule has 0 heterocycles. The first-order valence-electron chi connectivity index (χ1n) is 35.0. The molecule has 0 saturated carbocycles. The van der Waals surface area contributed by atoms with E-state index in [9.17, 15) is 14.4 Å². The Kier molecular flexibility index (Phi) is 65.1.